The summed E-state index contributed by atoms with van der Waals surface area (Å²) in [4.78, 5) is 25.1. The van der Waals surface area contributed by atoms with Crippen molar-refractivity contribution in [2.75, 3.05) is 32.8 Å². The molecule has 1 rings (SSSR count). The first-order valence-electron chi connectivity index (χ1n) is 8.56. The van der Waals surface area contributed by atoms with Crippen LogP contribution in [0.15, 0.2) is 24.3 Å². The molecule has 0 radical (unpaired) electrons. The van der Waals surface area contributed by atoms with Crippen molar-refractivity contribution in [3.05, 3.63) is 29.8 Å². The van der Waals surface area contributed by atoms with E-state index in [9.17, 15) is 9.59 Å². The van der Waals surface area contributed by atoms with Gasteiger partial charge < -0.3 is 20.3 Å². The van der Waals surface area contributed by atoms with E-state index in [-0.39, 0.29) is 11.9 Å². The predicted molar refractivity (Wildman–Crippen MR) is 95.2 cm³/mol. The molecule has 0 spiro atoms. The Kier molecular flexibility index (Phi) is 9.34. The Balaban J connectivity index is 2.08. The summed E-state index contributed by atoms with van der Waals surface area (Å²) < 4.78 is 5.65. The van der Waals surface area contributed by atoms with Gasteiger partial charge in [0.2, 0.25) is 5.91 Å². The lowest BCUT2D eigenvalue weighted by molar-refractivity contribution is -0.121. The zero-order valence-corrected chi connectivity index (χ0v) is 14.9. The number of ether oxygens (including phenoxy) is 1. The number of carbonyl (C=O) groups excluding carboxylic acids is 2. The monoisotopic (exact) mass is 335 g/mol. The smallest absolute Gasteiger partial charge is 0.317 e. The molecule has 0 heterocycles. The fraction of sp³-hybridized carbons (Fsp3) is 0.556. The third-order valence-electron chi connectivity index (χ3n) is 3.67. The van der Waals surface area contributed by atoms with Crippen LogP contribution < -0.4 is 15.4 Å². The van der Waals surface area contributed by atoms with E-state index in [1.165, 1.54) is 0 Å². The van der Waals surface area contributed by atoms with Gasteiger partial charge in [0, 0.05) is 32.6 Å². The summed E-state index contributed by atoms with van der Waals surface area (Å²) in [7, 11) is 0. The van der Waals surface area contributed by atoms with Crippen molar-refractivity contribution in [2.24, 2.45) is 0 Å². The number of aryl methyl sites for hydroxylation is 1. The van der Waals surface area contributed by atoms with E-state index in [2.05, 4.69) is 10.6 Å². The molecule has 0 aromatic heterocycles. The Bertz CT molecular complexity index is 516. The van der Waals surface area contributed by atoms with Gasteiger partial charge in [0.1, 0.15) is 5.75 Å². The van der Waals surface area contributed by atoms with Crippen LogP contribution in [0.3, 0.4) is 0 Å². The molecular weight excluding hydrogens is 306 g/mol. The summed E-state index contributed by atoms with van der Waals surface area (Å²) in [6.07, 6.45) is 1.07. The molecule has 0 saturated heterocycles. The summed E-state index contributed by atoms with van der Waals surface area (Å²) >= 11 is 0. The summed E-state index contributed by atoms with van der Waals surface area (Å²) in [5, 5.41) is 5.58. The fourth-order valence-electron chi connectivity index (χ4n) is 2.22. The lowest BCUT2D eigenvalue weighted by Crippen LogP contribution is -2.42. The quantitative estimate of drug-likeness (QED) is 0.645. The Morgan fingerprint density at radius 2 is 1.75 bits per heavy atom. The van der Waals surface area contributed by atoms with E-state index in [1.54, 1.807) is 4.90 Å². The highest BCUT2D eigenvalue weighted by Crippen LogP contribution is 2.16. The SMILES string of the molecule is CCN(CC)C(=O)NCCNC(=O)CCCOc1ccccc1C. The molecule has 134 valence electrons. The number of rotatable bonds is 10. The number of hydrogen-bond donors (Lipinski definition) is 2. The zero-order chi connectivity index (χ0) is 17.8. The molecule has 0 aliphatic rings. The van der Waals surface area contributed by atoms with Crippen LogP contribution in [0.5, 0.6) is 5.75 Å². The molecule has 0 fully saturated rings. The number of carbonyl (C=O) groups is 2. The van der Waals surface area contributed by atoms with E-state index < -0.39 is 0 Å². The highest BCUT2D eigenvalue weighted by atomic mass is 16.5. The van der Waals surface area contributed by atoms with Crippen LogP contribution in [0.4, 0.5) is 4.79 Å². The maximum Gasteiger partial charge on any atom is 0.317 e. The average molecular weight is 335 g/mol. The van der Waals surface area contributed by atoms with Crippen LogP contribution in [-0.4, -0.2) is 49.6 Å². The molecule has 0 bridgehead atoms. The summed E-state index contributed by atoms with van der Waals surface area (Å²) in [5.74, 6) is 0.831. The molecule has 24 heavy (non-hydrogen) atoms. The Hall–Kier alpha value is -2.24. The molecule has 0 unspecified atom stereocenters. The van der Waals surface area contributed by atoms with Crippen molar-refractivity contribution in [2.45, 2.75) is 33.6 Å². The predicted octanol–water partition coefficient (Wildman–Crippen LogP) is 2.32. The van der Waals surface area contributed by atoms with Crippen LogP contribution in [-0.2, 0) is 4.79 Å². The minimum absolute atomic E-state index is 0.0273. The van der Waals surface area contributed by atoms with Crippen molar-refractivity contribution >= 4 is 11.9 Å². The molecule has 1 aromatic rings. The maximum atomic E-state index is 11.7. The molecule has 1 aromatic carbocycles. The number of nitrogens with zero attached hydrogens (tertiary/aromatic N) is 1. The number of para-hydroxylation sites is 1. The van der Waals surface area contributed by atoms with Crippen molar-refractivity contribution in [1.29, 1.82) is 0 Å². The molecule has 0 aliphatic carbocycles. The van der Waals surface area contributed by atoms with Crippen LogP contribution in [0, 0.1) is 6.92 Å². The second kappa shape index (κ2) is 11.3. The van der Waals surface area contributed by atoms with E-state index in [0.29, 0.717) is 45.6 Å². The van der Waals surface area contributed by atoms with Crippen molar-refractivity contribution in [1.82, 2.24) is 15.5 Å². The van der Waals surface area contributed by atoms with Crippen LogP contribution in [0.2, 0.25) is 0 Å². The van der Waals surface area contributed by atoms with E-state index in [0.717, 1.165) is 11.3 Å². The first kappa shape index (κ1) is 19.8. The highest BCUT2D eigenvalue weighted by Gasteiger charge is 2.08. The number of amides is 3. The first-order chi connectivity index (χ1) is 11.6. The van der Waals surface area contributed by atoms with E-state index in [1.807, 2.05) is 45.0 Å². The minimum Gasteiger partial charge on any atom is -0.493 e. The van der Waals surface area contributed by atoms with Gasteiger partial charge in [0.25, 0.3) is 0 Å². The highest BCUT2D eigenvalue weighted by molar-refractivity contribution is 5.76. The molecule has 6 heteroatoms. The molecule has 6 nitrogen and oxygen atoms in total. The third-order valence-corrected chi connectivity index (χ3v) is 3.67. The van der Waals surface area contributed by atoms with Crippen molar-refractivity contribution in [3.8, 4) is 5.75 Å². The van der Waals surface area contributed by atoms with Gasteiger partial charge in [-0.05, 0) is 38.8 Å². The molecule has 3 amide bonds. The number of urea groups is 1. The van der Waals surface area contributed by atoms with Gasteiger partial charge in [-0.2, -0.15) is 0 Å². The van der Waals surface area contributed by atoms with Crippen LogP contribution >= 0.6 is 0 Å². The normalized spacial score (nSPS) is 10.1. The molecule has 0 aliphatic heterocycles. The maximum absolute atomic E-state index is 11.7. The second-order valence-corrected chi connectivity index (χ2v) is 5.47. The topological polar surface area (TPSA) is 70.7 Å². The molecule has 2 N–H and O–H groups in total. The van der Waals surface area contributed by atoms with Crippen LogP contribution in [0.1, 0.15) is 32.3 Å². The van der Waals surface area contributed by atoms with Crippen molar-refractivity contribution in [3.63, 3.8) is 0 Å². The number of benzene rings is 1. The standard InChI is InChI=1S/C18H29N3O3/c1-4-21(5-2)18(23)20-13-12-19-17(22)11-8-14-24-16-10-7-6-9-15(16)3/h6-7,9-10H,4-5,8,11-14H2,1-3H3,(H,19,22)(H,20,23). The molecule has 0 saturated carbocycles. The Morgan fingerprint density at radius 3 is 2.42 bits per heavy atom. The van der Waals surface area contributed by atoms with Gasteiger partial charge in [0.15, 0.2) is 0 Å². The van der Waals surface area contributed by atoms with Crippen molar-refractivity contribution < 1.29 is 14.3 Å². The number of nitrogens with one attached hydrogen (secondary N) is 2. The van der Waals surface area contributed by atoms with Gasteiger partial charge in [-0.15, -0.1) is 0 Å². The lowest BCUT2D eigenvalue weighted by Gasteiger charge is -2.19. The minimum atomic E-state index is -0.0964. The van der Waals surface area contributed by atoms with E-state index in [4.69, 9.17) is 4.74 Å². The molecular formula is C18H29N3O3. The lowest BCUT2D eigenvalue weighted by atomic mass is 10.2. The fourth-order valence-corrected chi connectivity index (χ4v) is 2.22. The number of hydrogen-bond acceptors (Lipinski definition) is 3. The summed E-state index contributed by atoms with van der Waals surface area (Å²) in [5.41, 5.74) is 1.09. The van der Waals surface area contributed by atoms with Gasteiger partial charge in [0.05, 0.1) is 6.61 Å². The molecule has 0 atom stereocenters. The second-order valence-electron chi connectivity index (χ2n) is 5.47. The van der Waals surface area contributed by atoms with Gasteiger partial charge in [-0.1, -0.05) is 18.2 Å². The van der Waals surface area contributed by atoms with E-state index >= 15 is 0 Å². The largest absolute Gasteiger partial charge is 0.493 e. The van der Waals surface area contributed by atoms with Crippen LogP contribution in [0.25, 0.3) is 0 Å². The van der Waals surface area contributed by atoms with Gasteiger partial charge in [-0.25, -0.2) is 4.79 Å². The Morgan fingerprint density at radius 1 is 1.08 bits per heavy atom. The summed E-state index contributed by atoms with van der Waals surface area (Å²) in [6.45, 7) is 8.59. The van der Waals surface area contributed by atoms with Gasteiger partial charge in [-0.3, -0.25) is 4.79 Å². The van der Waals surface area contributed by atoms with Gasteiger partial charge >= 0.3 is 6.03 Å². The zero-order valence-electron chi connectivity index (χ0n) is 14.9. The Labute approximate surface area is 144 Å². The average Bonchev–Trinajstić information content (AvgIpc) is 2.58. The summed E-state index contributed by atoms with van der Waals surface area (Å²) in [6, 6.07) is 7.72. The first-order valence-corrected chi connectivity index (χ1v) is 8.56. The third kappa shape index (κ3) is 7.35.